The number of hydrogen-bond acceptors (Lipinski definition) is 3. The van der Waals surface area contributed by atoms with E-state index in [1.54, 1.807) is 0 Å². The van der Waals surface area contributed by atoms with Crippen molar-refractivity contribution in [3.8, 4) is 0 Å². The first kappa shape index (κ1) is 46.8. The van der Waals surface area contributed by atoms with E-state index >= 15 is 0 Å². The van der Waals surface area contributed by atoms with E-state index in [-0.39, 0.29) is 14.9 Å². The highest BCUT2D eigenvalue weighted by Crippen LogP contribution is 2.35. The number of likely N-dealkylation sites (tertiary alicyclic amines) is 3. The van der Waals surface area contributed by atoms with Gasteiger partial charge in [-0.2, -0.15) is 0 Å². The molecule has 3 heterocycles. The minimum absolute atomic E-state index is 0. The van der Waals surface area contributed by atoms with Crippen LogP contribution in [-0.2, 0) is 0 Å². The number of rotatable bonds is 0. The minimum Gasteiger partial charge on any atom is -0.298 e. The largest absolute Gasteiger partial charge is 0.298 e. The summed E-state index contributed by atoms with van der Waals surface area (Å²) in [5, 5.41) is 0. The predicted octanol–water partition coefficient (Wildman–Crippen LogP) is 11.1. The zero-order chi connectivity index (χ0) is 30.5. The third kappa shape index (κ3) is 19.1. The van der Waals surface area contributed by atoms with Crippen LogP contribution in [0.3, 0.4) is 0 Å². The highest BCUT2D eigenvalue weighted by Gasteiger charge is 2.32. The van der Waals surface area contributed by atoms with Gasteiger partial charge in [0.1, 0.15) is 0 Å². The predicted molar refractivity (Wildman–Crippen MR) is 190 cm³/mol. The molecular weight excluding hydrogens is 486 g/mol. The van der Waals surface area contributed by atoms with Crippen LogP contribution in [0.1, 0.15) is 165 Å². The SMILES string of the molecule is C.C.CC.CC.CC(C)(C)C1CCN(C(C)(C)C)CC1.C[C@@H]1CCN(C(C)(C)C)C1.C[C@H]1CCN(C(C)(C)C)C1. The van der Waals surface area contributed by atoms with Crippen molar-refractivity contribution in [2.75, 3.05) is 39.3 Å². The quantitative estimate of drug-likeness (QED) is 0.286. The molecule has 3 aliphatic heterocycles. The zero-order valence-electron chi connectivity index (χ0n) is 30.1. The van der Waals surface area contributed by atoms with Crippen LogP contribution in [-0.4, -0.2) is 70.6 Å². The third-order valence-corrected chi connectivity index (χ3v) is 8.41. The Balaban J connectivity index is -0.000000226. The Morgan fingerprint density at radius 3 is 0.825 bits per heavy atom. The topological polar surface area (TPSA) is 9.72 Å². The summed E-state index contributed by atoms with van der Waals surface area (Å²) in [7, 11) is 0. The lowest BCUT2D eigenvalue weighted by atomic mass is 9.75. The van der Waals surface area contributed by atoms with Gasteiger partial charge in [-0.3, -0.25) is 14.7 Å². The van der Waals surface area contributed by atoms with Crippen LogP contribution in [0.25, 0.3) is 0 Å². The van der Waals surface area contributed by atoms with Gasteiger partial charge in [-0.1, -0.05) is 77.2 Å². The minimum atomic E-state index is 0. The van der Waals surface area contributed by atoms with E-state index in [2.05, 4.69) is 112 Å². The summed E-state index contributed by atoms with van der Waals surface area (Å²) in [5.41, 5.74) is 1.66. The van der Waals surface area contributed by atoms with Crippen LogP contribution in [0, 0.1) is 23.2 Å². The second-order valence-corrected chi connectivity index (χ2v) is 15.8. The summed E-state index contributed by atoms with van der Waals surface area (Å²) in [6.45, 7) is 48.3. The molecule has 3 rings (SSSR count). The lowest BCUT2D eigenvalue weighted by molar-refractivity contribution is 0.0532. The van der Waals surface area contributed by atoms with Crippen molar-refractivity contribution in [1.82, 2.24) is 14.7 Å². The summed E-state index contributed by atoms with van der Waals surface area (Å²) >= 11 is 0. The summed E-state index contributed by atoms with van der Waals surface area (Å²) < 4.78 is 0. The van der Waals surface area contributed by atoms with Crippen LogP contribution in [0.2, 0.25) is 0 Å². The van der Waals surface area contributed by atoms with Crippen LogP contribution in [0.15, 0.2) is 0 Å². The maximum atomic E-state index is 2.62. The van der Waals surface area contributed by atoms with Gasteiger partial charge in [0.25, 0.3) is 0 Å². The first-order valence-corrected chi connectivity index (χ1v) is 16.5. The average Bonchev–Trinajstić information content (AvgIpc) is 3.45. The van der Waals surface area contributed by atoms with Gasteiger partial charge in [0, 0.05) is 29.7 Å². The van der Waals surface area contributed by atoms with Crippen molar-refractivity contribution in [3.05, 3.63) is 0 Å². The van der Waals surface area contributed by atoms with Gasteiger partial charge >= 0.3 is 0 Å². The Bertz CT molecular complexity index is 510. The van der Waals surface area contributed by atoms with Crippen LogP contribution >= 0.6 is 0 Å². The van der Waals surface area contributed by atoms with E-state index in [0.29, 0.717) is 22.0 Å². The molecule has 40 heavy (non-hydrogen) atoms. The second kappa shape index (κ2) is 20.7. The number of nitrogens with zero attached hydrogens (tertiary/aromatic N) is 3. The third-order valence-electron chi connectivity index (χ3n) is 8.41. The number of hydrogen-bond donors (Lipinski definition) is 0. The molecule has 248 valence electrons. The fourth-order valence-corrected chi connectivity index (χ4v) is 5.50. The Morgan fingerprint density at radius 2 is 0.675 bits per heavy atom. The van der Waals surface area contributed by atoms with Gasteiger partial charge in [0.05, 0.1) is 0 Å². The molecule has 0 unspecified atom stereocenters. The van der Waals surface area contributed by atoms with Gasteiger partial charge in [0.2, 0.25) is 0 Å². The first-order valence-electron chi connectivity index (χ1n) is 16.5. The van der Waals surface area contributed by atoms with Crippen molar-refractivity contribution >= 4 is 0 Å². The van der Waals surface area contributed by atoms with Crippen LogP contribution in [0.5, 0.6) is 0 Å². The molecule has 0 amide bonds. The molecule has 2 atom stereocenters. The molecule has 0 saturated carbocycles. The fraction of sp³-hybridized carbons (Fsp3) is 1.00. The molecule has 0 N–H and O–H groups in total. The average molecular weight is 572 g/mol. The maximum Gasteiger partial charge on any atom is 0.0125 e. The molecule has 3 aliphatic rings. The molecule has 3 nitrogen and oxygen atoms in total. The molecule has 3 saturated heterocycles. The van der Waals surface area contributed by atoms with Crippen molar-refractivity contribution < 1.29 is 0 Å². The van der Waals surface area contributed by atoms with E-state index in [1.165, 1.54) is 65.0 Å². The normalized spacial score (nSPS) is 22.9. The van der Waals surface area contributed by atoms with Crippen LogP contribution < -0.4 is 0 Å². The van der Waals surface area contributed by atoms with Crippen LogP contribution in [0.4, 0.5) is 0 Å². The highest BCUT2D eigenvalue weighted by atomic mass is 15.2. The zero-order valence-corrected chi connectivity index (χ0v) is 30.1. The molecule has 3 fully saturated rings. The molecular formula is C37H85N3. The van der Waals surface area contributed by atoms with E-state index in [9.17, 15) is 0 Å². The van der Waals surface area contributed by atoms with Gasteiger partial charge < -0.3 is 0 Å². The van der Waals surface area contributed by atoms with Gasteiger partial charge in [0.15, 0.2) is 0 Å². The van der Waals surface area contributed by atoms with E-state index in [1.807, 2.05) is 27.7 Å². The summed E-state index contributed by atoms with van der Waals surface area (Å²) in [5.74, 6) is 2.75. The lowest BCUT2D eigenvalue weighted by Crippen LogP contribution is -2.47. The van der Waals surface area contributed by atoms with Gasteiger partial charge in [-0.25, -0.2) is 0 Å². The Labute approximate surface area is 258 Å². The number of piperidine rings is 1. The molecule has 3 heteroatoms. The Kier molecular flexibility index (Phi) is 24.3. The fourth-order valence-electron chi connectivity index (χ4n) is 5.50. The molecule has 0 aliphatic carbocycles. The van der Waals surface area contributed by atoms with Gasteiger partial charge in [-0.15, -0.1) is 0 Å². The lowest BCUT2D eigenvalue weighted by Gasteiger charge is -2.44. The van der Waals surface area contributed by atoms with Gasteiger partial charge in [-0.05, 0) is 137 Å². The Hall–Kier alpha value is -0.120. The Morgan fingerprint density at radius 1 is 0.425 bits per heavy atom. The monoisotopic (exact) mass is 572 g/mol. The highest BCUT2D eigenvalue weighted by molar-refractivity contribution is 4.86. The molecule has 0 spiro atoms. The van der Waals surface area contributed by atoms with Crippen molar-refractivity contribution in [2.45, 2.75) is 182 Å². The standard InChI is InChI=1S/C13H27N.2C9H19N.2C2H6.2CH4/c1-12(2,3)11-7-9-14(10-8-11)13(4,5)6;2*1-8-5-6-10(7-8)9(2,3)4;2*1-2;;/h11H,7-10H2,1-6H3;2*8H,5-7H2,1-4H3;2*1-2H3;2*1H4/t;2*8-;;;;/m.10..../s1. The second-order valence-electron chi connectivity index (χ2n) is 15.8. The van der Waals surface area contributed by atoms with E-state index in [4.69, 9.17) is 0 Å². The molecule has 0 radical (unpaired) electrons. The summed E-state index contributed by atoms with van der Waals surface area (Å²) in [6, 6.07) is 0. The summed E-state index contributed by atoms with van der Waals surface area (Å²) in [6.07, 6.45) is 5.52. The van der Waals surface area contributed by atoms with E-state index in [0.717, 1.165) is 17.8 Å². The van der Waals surface area contributed by atoms with Crippen molar-refractivity contribution in [2.24, 2.45) is 23.2 Å². The summed E-state index contributed by atoms with van der Waals surface area (Å²) in [4.78, 5) is 7.75. The maximum absolute atomic E-state index is 2.62. The van der Waals surface area contributed by atoms with Crippen molar-refractivity contribution in [3.63, 3.8) is 0 Å². The van der Waals surface area contributed by atoms with Crippen molar-refractivity contribution in [1.29, 1.82) is 0 Å². The first-order chi connectivity index (χ1) is 17.2. The molecule has 0 aromatic rings. The van der Waals surface area contributed by atoms with E-state index < -0.39 is 0 Å². The smallest absolute Gasteiger partial charge is 0.0125 e. The molecule has 0 aromatic heterocycles. The molecule has 0 bridgehead atoms. The molecule has 0 aromatic carbocycles.